The Balaban J connectivity index is 2.02. The van der Waals surface area contributed by atoms with Gasteiger partial charge in [0, 0.05) is 38.6 Å². The van der Waals surface area contributed by atoms with E-state index in [9.17, 15) is 9.18 Å². The number of halogens is 1. The highest BCUT2D eigenvalue weighted by atomic mass is 19.1. The quantitative estimate of drug-likeness (QED) is 0.429. The summed E-state index contributed by atoms with van der Waals surface area (Å²) in [6.07, 6.45) is 0.382. The van der Waals surface area contributed by atoms with E-state index in [4.69, 9.17) is 9.73 Å². The highest BCUT2D eigenvalue weighted by Crippen LogP contribution is 2.22. The summed E-state index contributed by atoms with van der Waals surface area (Å²) >= 11 is 0. The van der Waals surface area contributed by atoms with Gasteiger partial charge >= 0.3 is 0 Å². The van der Waals surface area contributed by atoms with Gasteiger partial charge < -0.3 is 20.7 Å². The predicted octanol–water partition coefficient (Wildman–Crippen LogP) is 1.67. The first-order chi connectivity index (χ1) is 14.0. The fourth-order valence-corrected chi connectivity index (χ4v) is 3.21. The number of ether oxygens (including phenoxy) is 1. The number of carbonyl (C=O) groups excluding carboxylic acids is 1. The van der Waals surface area contributed by atoms with E-state index in [0.29, 0.717) is 38.7 Å². The van der Waals surface area contributed by atoms with Gasteiger partial charge in [-0.25, -0.2) is 4.39 Å². The normalized spacial score (nSPS) is 16.5. The number of benzene rings is 1. The molecule has 1 saturated heterocycles. The van der Waals surface area contributed by atoms with Crippen LogP contribution < -0.4 is 16.0 Å². The second-order valence-electron chi connectivity index (χ2n) is 7.33. The molecule has 0 saturated carbocycles. The Kier molecular flexibility index (Phi) is 9.87. The van der Waals surface area contributed by atoms with E-state index in [1.165, 1.54) is 12.1 Å². The first-order valence-corrected chi connectivity index (χ1v) is 10.4. The van der Waals surface area contributed by atoms with Crippen LogP contribution >= 0.6 is 0 Å². The molecule has 1 aliphatic rings. The Morgan fingerprint density at radius 3 is 2.52 bits per heavy atom. The van der Waals surface area contributed by atoms with Crippen molar-refractivity contribution in [2.24, 2.45) is 4.99 Å². The largest absolute Gasteiger partial charge is 0.379 e. The summed E-state index contributed by atoms with van der Waals surface area (Å²) in [6, 6.07) is 6.80. The number of aliphatic imine (C=N–C) groups is 1. The summed E-state index contributed by atoms with van der Waals surface area (Å²) in [5.41, 5.74) is 1.03. The monoisotopic (exact) mass is 407 g/mol. The Bertz CT molecular complexity index is 645. The van der Waals surface area contributed by atoms with Crippen molar-refractivity contribution in [3.8, 4) is 0 Å². The topological polar surface area (TPSA) is 78.0 Å². The fraction of sp³-hybridized carbons (Fsp3) is 0.619. The molecule has 1 aromatic rings. The van der Waals surface area contributed by atoms with Gasteiger partial charge in [-0.3, -0.25) is 14.7 Å². The van der Waals surface area contributed by atoms with Crippen LogP contribution in [0.3, 0.4) is 0 Å². The van der Waals surface area contributed by atoms with E-state index < -0.39 is 0 Å². The molecule has 0 aliphatic carbocycles. The SMILES string of the molecule is CCNC(=NCC(c1ccc(F)cc1)N1CCOCC1)NCCC(=O)NC(C)C. The zero-order valence-electron chi connectivity index (χ0n) is 17.7. The zero-order chi connectivity index (χ0) is 21.1. The fourth-order valence-electron chi connectivity index (χ4n) is 3.21. The molecule has 2 rings (SSSR count). The molecule has 1 atom stereocenters. The van der Waals surface area contributed by atoms with E-state index in [0.717, 1.165) is 25.2 Å². The molecule has 7 nitrogen and oxygen atoms in total. The van der Waals surface area contributed by atoms with Gasteiger partial charge in [0.05, 0.1) is 25.8 Å². The minimum Gasteiger partial charge on any atom is -0.379 e. The maximum absolute atomic E-state index is 13.4. The maximum atomic E-state index is 13.4. The molecule has 0 radical (unpaired) electrons. The number of nitrogens with one attached hydrogen (secondary N) is 3. The second-order valence-corrected chi connectivity index (χ2v) is 7.33. The number of hydrogen-bond acceptors (Lipinski definition) is 4. The van der Waals surface area contributed by atoms with Gasteiger partial charge in [0.25, 0.3) is 0 Å². The number of carbonyl (C=O) groups is 1. The molecular weight excluding hydrogens is 373 g/mol. The molecule has 3 N–H and O–H groups in total. The molecule has 1 aliphatic heterocycles. The highest BCUT2D eigenvalue weighted by Gasteiger charge is 2.22. The molecular formula is C21H34FN5O2. The van der Waals surface area contributed by atoms with E-state index in [-0.39, 0.29) is 23.8 Å². The summed E-state index contributed by atoms with van der Waals surface area (Å²) < 4.78 is 18.8. The van der Waals surface area contributed by atoms with Gasteiger partial charge in [-0.1, -0.05) is 12.1 Å². The number of guanidine groups is 1. The summed E-state index contributed by atoms with van der Waals surface area (Å²) in [5.74, 6) is 0.443. The van der Waals surface area contributed by atoms with Crippen LogP contribution in [0.2, 0.25) is 0 Å². The van der Waals surface area contributed by atoms with Crippen LogP contribution in [0, 0.1) is 5.82 Å². The van der Waals surface area contributed by atoms with Gasteiger partial charge in [0.15, 0.2) is 5.96 Å². The van der Waals surface area contributed by atoms with Crippen molar-refractivity contribution in [1.82, 2.24) is 20.9 Å². The van der Waals surface area contributed by atoms with Crippen molar-refractivity contribution < 1.29 is 13.9 Å². The van der Waals surface area contributed by atoms with Crippen LogP contribution in [0.15, 0.2) is 29.3 Å². The van der Waals surface area contributed by atoms with Crippen molar-refractivity contribution in [3.63, 3.8) is 0 Å². The third-order valence-electron chi connectivity index (χ3n) is 4.60. The number of morpholine rings is 1. The van der Waals surface area contributed by atoms with Gasteiger partial charge in [-0.15, -0.1) is 0 Å². The Morgan fingerprint density at radius 2 is 1.90 bits per heavy atom. The first kappa shape index (κ1) is 23.1. The first-order valence-electron chi connectivity index (χ1n) is 10.4. The van der Waals surface area contributed by atoms with Crippen LogP contribution in [0.25, 0.3) is 0 Å². The van der Waals surface area contributed by atoms with Crippen LogP contribution in [0.5, 0.6) is 0 Å². The zero-order valence-corrected chi connectivity index (χ0v) is 17.7. The molecule has 1 heterocycles. The van der Waals surface area contributed by atoms with Crippen LogP contribution in [0.1, 0.15) is 38.8 Å². The van der Waals surface area contributed by atoms with Crippen molar-refractivity contribution in [2.45, 2.75) is 39.3 Å². The number of amides is 1. The minimum absolute atomic E-state index is 0.0147. The third-order valence-corrected chi connectivity index (χ3v) is 4.60. The lowest BCUT2D eigenvalue weighted by Crippen LogP contribution is -2.42. The number of hydrogen-bond donors (Lipinski definition) is 3. The van der Waals surface area contributed by atoms with Crippen LogP contribution in [-0.4, -0.2) is 68.7 Å². The molecule has 8 heteroatoms. The van der Waals surface area contributed by atoms with Gasteiger partial charge in [-0.05, 0) is 38.5 Å². The van der Waals surface area contributed by atoms with E-state index >= 15 is 0 Å². The Morgan fingerprint density at radius 1 is 1.21 bits per heavy atom. The predicted molar refractivity (Wildman–Crippen MR) is 113 cm³/mol. The summed E-state index contributed by atoms with van der Waals surface area (Å²) in [5, 5.41) is 9.32. The number of rotatable bonds is 9. The molecule has 0 spiro atoms. The lowest BCUT2D eigenvalue weighted by atomic mass is 10.0. The van der Waals surface area contributed by atoms with Crippen molar-refractivity contribution >= 4 is 11.9 Å². The average Bonchev–Trinajstić information content (AvgIpc) is 2.69. The van der Waals surface area contributed by atoms with E-state index in [1.807, 2.05) is 32.9 Å². The summed E-state index contributed by atoms with van der Waals surface area (Å²) in [6.45, 7) is 10.6. The molecule has 29 heavy (non-hydrogen) atoms. The smallest absolute Gasteiger partial charge is 0.221 e. The van der Waals surface area contributed by atoms with Crippen molar-refractivity contribution in [3.05, 3.63) is 35.6 Å². The van der Waals surface area contributed by atoms with Crippen molar-refractivity contribution in [1.29, 1.82) is 0 Å². The minimum atomic E-state index is -0.243. The van der Waals surface area contributed by atoms with E-state index in [1.54, 1.807) is 0 Å². The van der Waals surface area contributed by atoms with Crippen LogP contribution in [0.4, 0.5) is 4.39 Å². The standard InChI is InChI=1S/C21H34FN5O2/c1-4-23-21(24-10-9-20(28)26-16(2)3)25-15-19(27-11-13-29-14-12-27)17-5-7-18(22)8-6-17/h5-8,16,19H,4,9-15H2,1-3H3,(H,26,28)(H2,23,24,25). The molecule has 1 unspecified atom stereocenters. The second kappa shape index (κ2) is 12.4. The van der Waals surface area contributed by atoms with Gasteiger partial charge in [0.1, 0.15) is 5.82 Å². The van der Waals surface area contributed by atoms with E-state index in [2.05, 4.69) is 20.9 Å². The van der Waals surface area contributed by atoms with Crippen molar-refractivity contribution in [2.75, 3.05) is 45.9 Å². The molecule has 0 aromatic heterocycles. The molecule has 0 bridgehead atoms. The summed E-state index contributed by atoms with van der Waals surface area (Å²) in [7, 11) is 0. The van der Waals surface area contributed by atoms with Gasteiger partial charge in [-0.2, -0.15) is 0 Å². The van der Waals surface area contributed by atoms with Crippen LogP contribution in [-0.2, 0) is 9.53 Å². The average molecular weight is 408 g/mol. The summed E-state index contributed by atoms with van der Waals surface area (Å²) in [4.78, 5) is 18.9. The molecule has 1 fully saturated rings. The Hall–Kier alpha value is -2.19. The lowest BCUT2D eigenvalue weighted by Gasteiger charge is -2.34. The molecule has 1 amide bonds. The van der Waals surface area contributed by atoms with Gasteiger partial charge in [0.2, 0.25) is 5.91 Å². The maximum Gasteiger partial charge on any atom is 0.221 e. The molecule has 162 valence electrons. The highest BCUT2D eigenvalue weighted by molar-refractivity contribution is 5.81. The molecule has 1 aromatic carbocycles. The third kappa shape index (κ3) is 8.37. The lowest BCUT2D eigenvalue weighted by molar-refractivity contribution is -0.121. The number of nitrogens with zero attached hydrogens (tertiary/aromatic N) is 2. The Labute approximate surface area is 173 Å².